The summed E-state index contributed by atoms with van der Waals surface area (Å²) in [5.74, 6) is -1.08. The second kappa shape index (κ2) is 8.68. The van der Waals surface area contributed by atoms with Gasteiger partial charge in [-0.2, -0.15) is 8.78 Å². The number of anilines is 1. The van der Waals surface area contributed by atoms with Gasteiger partial charge < -0.3 is 19.3 Å². The van der Waals surface area contributed by atoms with Crippen LogP contribution in [0.5, 0.6) is 11.5 Å². The smallest absolute Gasteiger partial charge is 0.387 e. The van der Waals surface area contributed by atoms with Crippen LogP contribution >= 0.6 is 0 Å². The van der Waals surface area contributed by atoms with Gasteiger partial charge >= 0.3 is 6.61 Å². The summed E-state index contributed by atoms with van der Waals surface area (Å²) < 4.78 is 53.4. The SMILES string of the molecule is Cc1ccc(OCc2c(C(=O)Nc3ccc(F)cc3OC(F)F)noc2C)cc1. The number of carbonyl (C=O) groups is 1. The van der Waals surface area contributed by atoms with E-state index in [1.807, 2.05) is 19.1 Å². The minimum Gasteiger partial charge on any atom is -0.489 e. The molecule has 0 atom stereocenters. The first-order valence-electron chi connectivity index (χ1n) is 8.54. The average molecular weight is 406 g/mol. The molecule has 0 radical (unpaired) electrons. The summed E-state index contributed by atoms with van der Waals surface area (Å²) >= 11 is 0. The van der Waals surface area contributed by atoms with E-state index in [0.717, 1.165) is 23.8 Å². The van der Waals surface area contributed by atoms with Crippen LogP contribution in [0.15, 0.2) is 47.0 Å². The molecule has 1 aromatic heterocycles. The predicted molar refractivity (Wildman–Crippen MR) is 97.7 cm³/mol. The molecule has 1 N–H and O–H groups in total. The van der Waals surface area contributed by atoms with Crippen LogP contribution in [0.3, 0.4) is 0 Å². The van der Waals surface area contributed by atoms with E-state index in [4.69, 9.17) is 9.26 Å². The Balaban J connectivity index is 1.78. The summed E-state index contributed by atoms with van der Waals surface area (Å²) in [6, 6.07) is 10.2. The Morgan fingerprint density at radius 3 is 2.59 bits per heavy atom. The lowest BCUT2D eigenvalue weighted by atomic mass is 10.2. The zero-order valence-corrected chi connectivity index (χ0v) is 15.5. The van der Waals surface area contributed by atoms with Crippen molar-refractivity contribution in [2.75, 3.05) is 5.32 Å². The second-order valence-corrected chi connectivity index (χ2v) is 6.14. The molecule has 0 spiro atoms. The molecule has 0 aliphatic heterocycles. The monoisotopic (exact) mass is 406 g/mol. The highest BCUT2D eigenvalue weighted by atomic mass is 19.3. The molecule has 0 saturated heterocycles. The summed E-state index contributed by atoms with van der Waals surface area (Å²) in [4.78, 5) is 12.6. The van der Waals surface area contributed by atoms with Crippen molar-refractivity contribution in [3.05, 3.63) is 70.9 Å². The number of ether oxygens (including phenoxy) is 2. The predicted octanol–water partition coefficient (Wildman–Crippen LogP) is 4.86. The molecule has 3 rings (SSSR count). The fourth-order valence-corrected chi connectivity index (χ4v) is 2.50. The standard InChI is InChI=1S/C20H17F3N2O4/c1-11-3-6-14(7-4-11)27-10-15-12(2)29-25-18(15)19(26)24-16-8-5-13(21)9-17(16)28-20(22)23/h3-9,20H,10H2,1-2H3,(H,24,26). The molecular formula is C20H17F3N2O4. The van der Waals surface area contributed by atoms with Crippen LogP contribution in [0, 0.1) is 19.7 Å². The lowest BCUT2D eigenvalue weighted by Gasteiger charge is -2.12. The van der Waals surface area contributed by atoms with E-state index in [0.29, 0.717) is 17.1 Å². The molecule has 1 heterocycles. The number of aromatic nitrogens is 1. The molecule has 29 heavy (non-hydrogen) atoms. The highest BCUT2D eigenvalue weighted by Crippen LogP contribution is 2.28. The fraction of sp³-hybridized carbons (Fsp3) is 0.200. The molecule has 152 valence electrons. The van der Waals surface area contributed by atoms with Gasteiger partial charge in [0, 0.05) is 6.07 Å². The number of hydrogen-bond acceptors (Lipinski definition) is 5. The van der Waals surface area contributed by atoms with Crippen molar-refractivity contribution in [2.24, 2.45) is 0 Å². The van der Waals surface area contributed by atoms with Crippen molar-refractivity contribution in [3.63, 3.8) is 0 Å². The van der Waals surface area contributed by atoms with Gasteiger partial charge in [-0.15, -0.1) is 0 Å². The lowest BCUT2D eigenvalue weighted by molar-refractivity contribution is -0.0495. The number of hydrogen-bond donors (Lipinski definition) is 1. The summed E-state index contributed by atoms with van der Waals surface area (Å²) in [5.41, 5.74) is 1.24. The lowest BCUT2D eigenvalue weighted by Crippen LogP contribution is -2.17. The topological polar surface area (TPSA) is 73.6 Å². The molecule has 0 saturated carbocycles. The number of alkyl halides is 2. The summed E-state index contributed by atoms with van der Waals surface area (Å²) in [6.07, 6.45) is 0. The number of aryl methyl sites for hydroxylation is 2. The van der Waals surface area contributed by atoms with Gasteiger partial charge in [-0.25, -0.2) is 4.39 Å². The first-order valence-corrected chi connectivity index (χ1v) is 8.54. The van der Waals surface area contributed by atoms with E-state index >= 15 is 0 Å². The van der Waals surface area contributed by atoms with Crippen LogP contribution in [-0.2, 0) is 6.61 Å². The molecule has 0 bridgehead atoms. The van der Waals surface area contributed by atoms with Crippen molar-refractivity contribution >= 4 is 11.6 Å². The summed E-state index contributed by atoms with van der Waals surface area (Å²) in [6.45, 7) is 0.379. The van der Waals surface area contributed by atoms with E-state index in [-0.39, 0.29) is 18.0 Å². The van der Waals surface area contributed by atoms with Gasteiger partial charge in [0.1, 0.15) is 23.9 Å². The van der Waals surface area contributed by atoms with Crippen LogP contribution in [0.2, 0.25) is 0 Å². The Labute approximate surface area is 164 Å². The van der Waals surface area contributed by atoms with Crippen molar-refractivity contribution in [1.29, 1.82) is 0 Å². The van der Waals surface area contributed by atoms with Crippen LogP contribution < -0.4 is 14.8 Å². The van der Waals surface area contributed by atoms with Gasteiger partial charge in [-0.05, 0) is 38.1 Å². The number of amides is 1. The zero-order valence-electron chi connectivity index (χ0n) is 15.5. The number of nitrogens with zero attached hydrogens (tertiary/aromatic N) is 1. The van der Waals surface area contributed by atoms with E-state index in [2.05, 4.69) is 15.2 Å². The maximum Gasteiger partial charge on any atom is 0.387 e. The molecule has 0 fully saturated rings. The molecule has 0 aliphatic rings. The third-order valence-electron chi connectivity index (χ3n) is 4.01. The minimum atomic E-state index is -3.18. The first-order chi connectivity index (χ1) is 13.8. The van der Waals surface area contributed by atoms with Gasteiger partial charge in [0.05, 0.1) is 11.3 Å². The van der Waals surface area contributed by atoms with Crippen molar-refractivity contribution in [1.82, 2.24) is 5.16 Å². The molecule has 0 unspecified atom stereocenters. The maximum absolute atomic E-state index is 13.3. The number of halogens is 3. The summed E-state index contributed by atoms with van der Waals surface area (Å²) in [7, 11) is 0. The Kier molecular flexibility index (Phi) is 6.06. The third-order valence-corrected chi connectivity index (χ3v) is 4.01. The van der Waals surface area contributed by atoms with Crippen molar-refractivity contribution in [3.8, 4) is 11.5 Å². The number of benzene rings is 2. The summed E-state index contributed by atoms with van der Waals surface area (Å²) in [5, 5.41) is 6.09. The molecule has 9 heteroatoms. The largest absolute Gasteiger partial charge is 0.489 e. The molecular weight excluding hydrogens is 389 g/mol. The van der Waals surface area contributed by atoms with E-state index in [9.17, 15) is 18.0 Å². The van der Waals surface area contributed by atoms with Crippen LogP contribution in [0.4, 0.5) is 18.9 Å². The molecule has 2 aromatic carbocycles. The number of nitrogens with one attached hydrogen (secondary N) is 1. The molecule has 3 aromatic rings. The Bertz CT molecular complexity index is 1000. The average Bonchev–Trinajstić information content (AvgIpc) is 3.03. The third kappa shape index (κ3) is 5.07. The van der Waals surface area contributed by atoms with Crippen LogP contribution in [-0.4, -0.2) is 17.7 Å². The Morgan fingerprint density at radius 2 is 1.90 bits per heavy atom. The van der Waals surface area contributed by atoms with E-state index in [1.165, 1.54) is 0 Å². The Hall–Kier alpha value is -3.49. The van der Waals surface area contributed by atoms with Crippen molar-refractivity contribution < 1.29 is 32.0 Å². The maximum atomic E-state index is 13.3. The zero-order chi connectivity index (χ0) is 21.0. The second-order valence-electron chi connectivity index (χ2n) is 6.14. The number of rotatable bonds is 7. The Morgan fingerprint density at radius 1 is 1.17 bits per heavy atom. The van der Waals surface area contributed by atoms with Gasteiger partial charge in [0.2, 0.25) is 0 Å². The van der Waals surface area contributed by atoms with Gasteiger partial charge in [-0.3, -0.25) is 4.79 Å². The first kappa shape index (κ1) is 20.2. The fourth-order valence-electron chi connectivity index (χ4n) is 2.50. The van der Waals surface area contributed by atoms with E-state index in [1.54, 1.807) is 19.1 Å². The normalized spacial score (nSPS) is 10.8. The highest BCUT2D eigenvalue weighted by molar-refractivity contribution is 6.04. The van der Waals surface area contributed by atoms with Gasteiger partial charge in [0.15, 0.2) is 11.4 Å². The molecule has 0 aliphatic carbocycles. The van der Waals surface area contributed by atoms with Crippen LogP contribution in [0.1, 0.15) is 27.4 Å². The van der Waals surface area contributed by atoms with Crippen molar-refractivity contribution in [2.45, 2.75) is 27.1 Å². The molecule has 1 amide bonds. The highest BCUT2D eigenvalue weighted by Gasteiger charge is 2.22. The quantitative estimate of drug-likeness (QED) is 0.606. The minimum absolute atomic E-state index is 0.00492. The van der Waals surface area contributed by atoms with E-state index < -0.39 is 24.1 Å². The number of carbonyl (C=O) groups excluding carboxylic acids is 1. The van der Waals surface area contributed by atoms with Gasteiger partial charge in [0.25, 0.3) is 5.91 Å². The van der Waals surface area contributed by atoms with Crippen LogP contribution in [0.25, 0.3) is 0 Å². The van der Waals surface area contributed by atoms with Gasteiger partial charge in [-0.1, -0.05) is 22.9 Å². The molecule has 6 nitrogen and oxygen atoms in total.